The first-order valence-corrected chi connectivity index (χ1v) is 5.78. The van der Waals surface area contributed by atoms with Crippen LogP contribution in [0.2, 0.25) is 0 Å². The van der Waals surface area contributed by atoms with Gasteiger partial charge < -0.3 is 4.74 Å². The zero-order valence-corrected chi connectivity index (χ0v) is 10.1. The van der Waals surface area contributed by atoms with Gasteiger partial charge >= 0.3 is 5.97 Å². The predicted molar refractivity (Wildman–Crippen MR) is 59.2 cm³/mol. The molecule has 0 fully saturated rings. The van der Waals surface area contributed by atoms with Gasteiger partial charge in [-0.1, -0.05) is 33.6 Å². The van der Waals surface area contributed by atoms with Crippen molar-refractivity contribution in [3.8, 4) is 0 Å². The van der Waals surface area contributed by atoms with E-state index in [1.165, 1.54) is 0 Å². The van der Waals surface area contributed by atoms with Gasteiger partial charge in [-0.15, -0.1) is 0 Å². The first-order valence-electron chi connectivity index (χ1n) is 5.78. The molecule has 0 amide bonds. The molecule has 0 radical (unpaired) electrons. The Balaban J connectivity index is 4.12. The zero-order valence-electron chi connectivity index (χ0n) is 10.1. The molecule has 0 aromatic heterocycles. The lowest BCUT2D eigenvalue weighted by atomic mass is 9.82. The minimum absolute atomic E-state index is 0.0182. The number of esters is 1. The average molecular weight is 200 g/mol. The molecule has 0 aliphatic rings. The quantitative estimate of drug-likeness (QED) is 0.587. The van der Waals surface area contributed by atoms with Gasteiger partial charge in [0.1, 0.15) is 0 Å². The van der Waals surface area contributed by atoms with E-state index in [2.05, 4.69) is 13.8 Å². The molecule has 0 saturated heterocycles. The number of carbonyl (C=O) groups is 1. The second kappa shape index (κ2) is 6.86. The Labute approximate surface area is 88.0 Å². The van der Waals surface area contributed by atoms with E-state index in [1.807, 2.05) is 13.8 Å². The fourth-order valence-electron chi connectivity index (χ4n) is 1.36. The Morgan fingerprint density at radius 1 is 1.21 bits per heavy atom. The Kier molecular flexibility index (Phi) is 6.60. The van der Waals surface area contributed by atoms with Gasteiger partial charge in [-0.25, -0.2) is 0 Å². The summed E-state index contributed by atoms with van der Waals surface area (Å²) in [7, 11) is 0. The minimum Gasteiger partial charge on any atom is -0.465 e. The summed E-state index contributed by atoms with van der Waals surface area (Å²) in [5.41, 5.74) is -0.259. The number of rotatable bonds is 7. The molecular formula is C12H24O2. The molecule has 0 aliphatic heterocycles. The lowest BCUT2D eigenvalue weighted by molar-refractivity contribution is -0.155. The number of unbranched alkanes of at least 4 members (excludes halogenated alkanes) is 1. The maximum Gasteiger partial charge on any atom is 0.311 e. The highest BCUT2D eigenvalue weighted by Crippen LogP contribution is 2.29. The Bertz CT molecular complexity index is 166. The second-order valence-electron chi connectivity index (χ2n) is 4.15. The smallest absolute Gasteiger partial charge is 0.311 e. The summed E-state index contributed by atoms with van der Waals surface area (Å²) >= 11 is 0. The van der Waals surface area contributed by atoms with Crippen molar-refractivity contribution in [2.75, 3.05) is 6.61 Å². The lowest BCUT2D eigenvalue weighted by Gasteiger charge is -2.25. The van der Waals surface area contributed by atoms with E-state index in [0.29, 0.717) is 6.61 Å². The van der Waals surface area contributed by atoms with Crippen molar-refractivity contribution in [2.45, 2.75) is 59.8 Å². The highest BCUT2D eigenvalue weighted by atomic mass is 16.5. The monoisotopic (exact) mass is 200 g/mol. The molecule has 0 aromatic carbocycles. The molecule has 0 spiro atoms. The summed E-state index contributed by atoms with van der Waals surface area (Å²) in [4.78, 5) is 11.7. The maximum absolute atomic E-state index is 11.7. The Hall–Kier alpha value is -0.530. The van der Waals surface area contributed by atoms with Gasteiger partial charge in [0.05, 0.1) is 12.0 Å². The van der Waals surface area contributed by atoms with Crippen LogP contribution in [0.5, 0.6) is 0 Å². The third kappa shape index (κ3) is 4.12. The third-order valence-electron chi connectivity index (χ3n) is 2.79. The number of hydrogen-bond acceptors (Lipinski definition) is 2. The van der Waals surface area contributed by atoms with Crippen molar-refractivity contribution >= 4 is 5.97 Å². The van der Waals surface area contributed by atoms with Crippen molar-refractivity contribution in [2.24, 2.45) is 5.41 Å². The van der Waals surface area contributed by atoms with E-state index in [0.717, 1.165) is 32.1 Å². The van der Waals surface area contributed by atoms with Gasteiger partial charge in [-0.2, -0.15) is 0 Å². The highest BCUT2D eigenvalue weighted by molar-refractivity contribution is 5.76. The van der Waals surface area contributed by atoms with Gasteiger partial charge in [0, 0.05) is 0 Å². The molecule has 0 bridgehead atoms. The SMILES string of the molecule is CCCCC(C)(CC)C(=O)OCCC. The molecule has 2 nitrogen and oxygen atoms in total. The first-order chi connectivity index (χ1) is 6.60. The van der Waals surface area contributed by atoms with Crippen LogP contribution in [-0.2, 0) is 9.53 Å². The molecule has 14 heavy (non-hydrogen) atoms. The first kappa shape index (κ1) is 13.5. The van der Waals surface area contributed by atoms with Crippen LogP contribution in [0.4, 0.5) is 0 Å². The van der Waals surface area contributed by atoms with Crippen LogP contribution in [0.25, 0.3) is 0 Å². The number of ether oxygens (including phenoxy) is 1. The van der Waals surface area contributed by atoms with Crippen molar-refractivity contribution in [1.29, 1.82) is 0 Å². The molecule has 0 saturated carbocycles. The van der Waals surface area contributed by atoms with Crippen molar-refractivity contribution < 1.29 is 9.53 Å². The molecule has 84 valence electrons. The Morgan fingerprint density at radius 3 is 2.29 bits per heavy atom. The van der Waals surface area contributed by atoms with Crippen molar-refractivity contribution in [3.05, 3.63) is 0 Å². The minimum atomic E-state index is -0.259. The maximum atomic E-state index is 11.7. The predicted octanol–water partition coefficient (Wildman–Crippen LogP) is 3.55. The van der Waals surface area contributed by atoms with Crippen LogP contribution >= 0.6 is 0 Å². The normalized spacial score (nSPS) is 14.9. The molecule has 0 rings (SSSR count). The summed E-state index contributed by atoms with van der Waals surface area (Å²) in [5.74, 6) is -0.0182. The van der Waals surface area contributed by atoms with Crippen LogP contribution in [-0.4, -0.2) is 12.6 Å². The summed E-state index contributed by atoms with van der Waals surface area (Å²) < 4.78 is 5.21. The fourth-order valence-corrected chi connectivity index (χ4v) is 1.36. The molecule has 0 aliphatic carbocycles. The molecule has 1 unspecified atom stereocenters. The van der Waals surface area contributed by atoms with E-state index in [-0.39, 0.29) is 11.4 Å². The average Bonchev–Trinajstić information content (AvgIpc) is 2.22. The number of hydrogen-bond donors (Lipinski definition) is 0. The van der Waals surface area contributed by atoms with Gasteiger partial charge in [0.2, 0.25) is 0 Å². The second-order valence-corrected chi connectivity index (χ2v) is 4.15. The molecular weight excluding hydrogens is 176 g/mol. The molecule has 0 heterocycles. The van der Waals surface area contributed by atoms with Crippen LogP contribution in [0.3, 0.4) is 0 Å². The molecule has 1 atom stereocenters. The largest absolute Gasteiger partial charge is 0.465 e. The summed E-state index contributed by atoms with van der Waals surface area (Å²) in [6.45, 7) is 8.79. The summed E-state index contributed by atoms with van der Waals surface area (Å²) in [6.07, 6.45) is 4.96. The van der Waals surface area contributed by atoms with Gasteiger partial charge in [-0.05, 0) is 26.2 Å². The van der Waals surface area contributed by atoms with Gasteiger partial charge in [-0.3, -0.25) is 4.79 Å². The van der Waals surface area contributed by atoms with Crippen LogP contribution in [0.1, 0.15) is 59.8 Å². The topological polar surface area (TPSA) is 26.3 Å². The summed E-state index contributed by atoms with van der Waals surface area (Å²) in [5, 5.41) is 0. The van der Waals surface area contributed by atoms with E-state index in [9.17, 15) is 4.79 Å². The third-order valence-corrected chi connectivity index (χ3v) is 2.79. The van der Waals surface area contributed by atoms with Crippen LogP contribution in [0.15, 0.2) is 0 Å². The fraction of sp³-hybridized carbons (Fsp3) is 0.917. The molecule has 2 heteroatoms. The van der Waals surface area contributed by atoms with E-state index in [4.69, 9.17) is 4.74 Å². The zero-order chi connectivity index (χ0) is 11.0. The van der Waals surface area contributed by atoms with E-state index in [1.54, 1.807) is 0 Å². The Morgan fingerprint density at radius 2 is 1.86 bits per heavy atom. The van der Waals surface area contributed by atoms with Crippen LogP contribution < -0.4 is 0 Å². The lowest BCUT2D eigenvalue weighted by Crippen LogP contribution is -2.29. The van der Waals surface area contributed by atoms with Crippen molar-refractivity contribution in [3.63, 3.8) is 0 Å². The number of carbonyl (C=O) groups excluding carboxylic acids is 1. The molecule has 0 N–H and O–H groups in total. The van der Waals surface area contributed by atoms with Gasteiger partial charge in [0.15, 0.2) is 0 Å². The van der Waals surface area contributed by atoms with Gasteiger partial charge in [0.25, 0.3) is 0 Å². The van der Waals surface area contributed by atoms with Crippen LogP contribution in [0, 0.1) is 5.41 Å². The summed E-state index contributed by atoms with van der Waals surface area (Å²) in [6, 6.07) is 0. The van der Waals surface area contributed by atoms with E-state index < -0.39 is 0 Å². The van der Waals surface area contributed by atoms with E-state index >= 15 is 0 Å². The highest BCUT2D eigenvalue weighted by Gasteiger charge is 2.31. The standard InChI is InChI=1S/C12H24O2/c1-5-8-9-12(4,7-3)11(13)14-10-6-2/h5-10H2,1-4H3. The van der Waals surface area contributed by atoms with Crippen molar-refractivity contribution in [1.82, 2.24) is 0 Å². The molecule has 0 aromatic rings.